The summed E-state index contributed by atoms with van der Waals surface area (Å²) in [7, 11) is 0. The fourth-order valence-electron chi connectivity index (χ4n) is 6.13. The largest absolute Gasteiger partial charge is 0.464 e. The zero-order chi connectivity index (χ0) is 36.4. The summed E-state index contributed by atoms with van der Waals surface area (Å²) in [6.45, 7) is 17.8. The van der Waals surface area contributed by atoms with Crippen molar-refractivity contribution in [1.82, 2.24) is 26.2 Å². The van der Waals surface area contributed by atoms with Crippen molar-refractivity contribution in [2.45, 2.75) is 97.6 Å². The van der Waals surface area contributed by atoms with Gasteiger partial charge < -0.3 is 30.9 Å². The lowest BCUT2D eigenvalue weighted by Gasteiger charge is -2.38. The van der Waals surface area contributed by atoms with Gasteiger partial charge in [-0.05, 0) is 60.3 Å². The van der Waals surface area contributed by atoms with E-state index in [4.69, 9.17) is 4.74 Å². The summed E-state index contributed by atoms with van der Waals surface area (Å²) in [5, 5.41) is 9.69. The number of ketones is 1. The van der Waals surface area contributed by atoms with Crippen LogP contribution in [-0.2, 0) is 28.7 Å². The van der Waals surface area contributed by atoms with Crippen molar-refractivity contribution in [3.05, 3.63) is 24.8 Å². The number of alkyl halides is 3. The number of hydrogen-bond acceptors (Lipinski definition) is 7. The fourth-order valence-corrected chi connectivity index (χ4v) is 6.13. The number of carbonyl (C=O) groups excluding carboxylic acids is 6. The predicted octanol–water partition coefficient (Wildman–Crippen LogP) is 2.78. The van der Waals surface area contributed by atoms with Gasteiger partial charge in [-0.25, -0.2) is 9.59 Å². The van der Waals surface area contributed by atoms with Crippen molar-refractivity contribution in [2.75, 3.05) is 19.7 Å². The Labute approximate surface area is 279 Å². The SMILES string of the molecule is C=CCNC(=O)C(=O)C(CCC(F)(F)F)NC(=O)[C@@H]1[C@@H]2[C@H](CN1C(=O)[C@@H](NC(=O)N[C@@H](C(=C)C)C(=O)OCC1CC1)C(C)(C)C)C2(C)C. The monoisotopic (exact) mass is 683 g/mol. The minimum absolute atomic E-state index is 0.114. The Hall–Kier alpha value is -3.91. The molecular formula is C33H48F3N5O7. The first-order valence-electron chi connectivity index (χ1n) is 16.1. The van der Waals surface area contributed by atoms with E-state index in [0.717, 1.165) is 12.8 Å². The number of likely N-dealkylation sites (tertiary alicyclic amines) is 1. The molecule has 4 N–H and O–H groups in total. The maximum Gasteiger partial charge on any atom is 0.389 e. The molecule has 268 valence electrons. The minimum Gasteiger partial charge on any atom is -0.464 e. The molecule has 5 amide bonds. The Morgan fingerprint density at radius 3 is 2.19 bits per heavy atom. The molecule has 48 heavy (non-hydrogen) atoms. The first-order valence-corrected chi connectivity index (χ1v) is 16.1. The molecular weight excluding hydrogens is 635 g/mol. The van der Waals surface area contributed by atoms with Gasteiger partial charge in [0.1, 0.15) is 18.1 Å². The average molecular weight is 684 g/mol. The van der Waals surface area contributed by atoms with Gasteiger partial charge in [-0.15, -0.1) is 6.58 Å². The second-order valence-electron chi connectivity index (χ2n) is 14.7. The normalized spacial score (nSPS) is 23.0. The number of esters is 1. The van der Waals surface area contributed by atoms with E-state index in [1.54, 1.807) is 27.7 Å². The number of carbonyl (C=O) groups is 6. The molecule has 3 rings (SSSR count). The van der Waals surface area contributed by atoms with Gasteiger partial charge in [-0.1, -0.05) is 47.3 Å². The van der Waals surface area contributed by atoms with Crippen LogP contribution in [0.4, 0.5) is 18.0 Å². The van der Waals surface area contributed by atoms with E-state index >= 15 is 0 Å². The van der Waals surface area contributed by atoms with E-state index in [1.807, 2.05) is 13.8 Å². The van der Waals surface area contributed by atoms with Gasteiger partial charge in [-0.2, -0.15) is 13.2 Å². The van der Waals surface area contributed by atoms with Gasteiger partial charge in [0.25, 0.3) is 5.91 Å². The molecule has 3 aliphatic rings. The van der Waals surface area contributed by atoms with E-state index in [2.05, 4.69) is 34.4 Å². The van der Waals surface area contributed by atoms with Crippen LogP contribution < -0.4 is 21.3 Å². The molecule has 0 spiro atoms. The van der Waals surface area contributed by atoms with Gasteiger partial charge in [0.2, 0.25) is 17.6 Å². The van der Waals surface area contributed by atoms with Gasteiger partial charge in [-0.3, -0.25) is 19.2 Å². The van der Waals surface area contributed by atoms with Crippen molar-refractivity contribution in [3.8, 4) is 0 Å². The lowest BCUT2D eigenvalue weighted by Crippen LogP contribution is -2.62. The molecule has 0 aromatic carbocycles. The Morgan fingerprint density at radius 2 is 1.67 bits per heavy atom. The number of amides is 5. The number of hydrogen-bond donors (Lipinski definition) is 4. The lowest BCUT2D eigenvalue weighted by atomic mass is 9.85. The molecule has 1 unspecified atom stereocenters. The molecule has 0 radical (unpaired) electrons. The highest BCUT2D eigenvalue weighted by Crippen LogP contribution is 2.65. The molecule has 15 heteroatoms. The van der Waals surface area contributed by atoms with Crippen LogP contribution in [0.1, 0.15) is 67.2 Å². The van der Waals surface area contributed by atoms with Crippen molar-refractivity contribution in [3.63, 3.8) is 0 Å². The number of piperidine rings is 1. The molecule has 0 bridgehead atoms. The summed E-state index contributed by atoms with van der Waals surface area (Å²) in [6, 6.07) is -6.23. The molecule has 0 aromatic rings. The number of fused-ring (bicyclic) bond motifs is 1. The number of nitrogens with zero attached hydrogens (tertiary/aromatic N) is 1. The van der Waals surface area contributed by atoms with Crippen LogP contribution in [0.2, 0.25) is 0 Å². The Balaban J connectivity index is 1.82. The molecule has 6 atom stereocenters. The van der Waals surface area contributed by atoms with E-state index in [-0.39, 0.29) is 25.6 Å². The smallest absolute Gasteiger partial charge is 0.389 e. The first-order chi connectivity index (χ1) is 22.1. The molecule has 1 saturated heterocycles. The second kappa shape index (κ2) is 14.7. The Bertz CT molecular complexity index is 1320. The molecule has 2 saturated carbocycles. The Morgan fingerprint density at radius 1 is 1.04 bits per heavy atom. The number of halogens is 3. The zero-order valence-corrected chi connectivity index (χ0v) is 28.4. The number of nitrogens with one attached hydrogen (secondary N) is 4. The minimum atomic E-state index is -4.66. The first kappa shape index (κ1) is 38.5. The average Bonchev–Trinajstić information content (AvgIpc) is 3.84. The van der Waals surface area contributed by atoms with Crippen LogP contribution in [0.25, 0.3) is 0 Å². The van der Waals surface area contributed by atoms with Gasteiger partial charge >= 0.3 is 18.2 Å². The topological polar surface area (TPSA) is 163 Å². The summed E-state index contributed by atoms with van der Waals surface area (Å²) >= 11 is 0. The van der Waals surface area contributed by atoms with Crippen molar-refractivity contribution in [1.29, 1.82) is 0 Å². The highest BCUT2D eigenvalue weighted by atomic mass is 19.4. The van der Waals surface area contributed by atoms with Gasteiger partial charge in [0.05, 0.1) is 12.6 Å². The molecule has 0 aromatic heterocycles. The van der Waals surface area contributed by atoms with E-state index in [0.29, 0.717) is 11.5 Å². The van der Waals surface area contributed by atoms with Crippen LogP contribution >= 0.6 is 0 Å². The summed E-state index contributed by atoms with van der Waals surface area (Å²) in [4.78, 5) is 80.4. The van der Waals surface area contributed by atoms with E-state index < -0.39 is 95.4 Å². The Kier molecular flexibility index (Phi) is 11.8. The van der Waals surface area contributed by atoms with Crippen molar-refractivity contribution in [2.24, 2.45) is 28.6 Å². The zero-order valence-electron chi connectivity index (χ0n) is 28.4. The van der Waals surface area contributed by atoms with Crippen molar-refractivity contribution < 1.29 is 46.7 Å². The number of ether oxygens (including phenoxy) is 1. The summed E-state index contributed by atoms with van der Waals surface area (Å²) < 4.78 is 44.7. The highest BCUT2D eigenvalue weighted by molar-refractivity contribution is 6.38. The highest BCUT2D eigenvalue weighted by Gasteiger charge is 2.70. The van der Waals surface area contributed by atoms with Crippen LogP contribution in [0.5, 0.6) is 0 Å². The standard InChI is InChI=1S/C33H48F3N5O7/c1-9-14-37-27(44)24(42)20(12-13-33(34,35)36)38-26(43)23-21-19(32(21,7)8)15-41(23)28(45)25(31(4,5)6)40-30(47)39-22(17(2)3)29(46)48-16-18-10-11-18/h9,18-23,25H,1-2,10-16H2,3-8H3,(H,37,44)(H,38,43)(H2,39,40,47)/t19-,20?,21-,22-,23-,25+/m0/s1. The molecule has 2 aliphatic carbocycles. The molecule has 12 nitrogen and oxygen atoms in total. The molecule has 1 heterocycles. The van der Waals surface area contributed by atoms with Gasteiger partial charge in [0.15, 0.2) is 0 Å². The third kappa shape index (κ3) is 9.59. The number of urea groups is 1. The van der Waals surface area contributed by atoms with Gasteiger partial charge in [0, 0.05) is 19.5 Å². The fraction of sp³-hybridized carbons (Fsp3) is 0.697. The van der Waals surface area contributed by atoms with Crippen LogP contribution in [0.3, 0.4) is 0 Å². The third-order valence-electron chi connectivity index (χ3n) is 9.29. The summed E-state index contributed by atoms with van der Waals surface area (Å²) in [6.07, 6.45) is -3.79. The lowest BCUT2D eigenvalue weighted by molar-refractivity contribution is -0.148. The predicted molar refractivity (Wildman–Crippen MR) is 169 cm³/mol. The third-order valence-corrected chi connectivity index (χ3v) is 9.29. The maximum atomic E-state index is 14.2. The summed E-state index contributed by atoms with van der Waals surface area (Å²) in [5.41, 5.74) is -0.989. The van der Waals surface area contributed by atoms with E-state index in [1.165, 1.54) is 11.0 Å². The van der Waals surface area contributed by atoms with Crippen LogP contribution in [0, 0.1) is 28.6 Å². The maximum absolute atomic E-state index is 14.2. The van der Waals surface area contributed by atoms with Crippen molar-refractivity contribution >= 4 is 35.5 Å². The quantitative estimate of drug-likeness (QED) is 0.117. The number of rotatable bonds is 15. The number of Topliss-reactive ketones (excluding diaryl/α,β-unsaturated/α-hetero) is 1. The van der Waals surface area contributed by atoms with Crippen LogP contribution in [-0.4, -0.2) is 90.4 Å². The second-order valence-corrected chi connectivity index (χ2v) is 14.7. The summed E-state index contributed by atoms with van der Waals surface area (Å²) in [5.74, 6) is -4.87. The van der Waals surface area contributed by atoms with Crippen LogP contribution in [0.15, 0.2) is 24.8 Å². The van der Waals surface area contributed by atoms with E-state index in [9.17, 15) is 41.9 Å². The molecule has 1 aliphatic heterocycles. The molecule has 3 fully saturated rings.